The number of amides is 3. The number of carbonyl (C=O) groups excluding carboxylic acids is 4. The van der Waals surface area contributed by atoms with Gasteiger partial charge in [0.05, 0.1) is 36.6 Å². The molecule has 0 saturated carbocycles. The molecule has 0 radical (unpaired) electrons. The van der Waals surface area contributed by atoms with E-state index in [2.05, 4.69) is 5.32 Å². The van der Waals surface area contributed by atoms with Crippen LogP contribution in [0.2, 0.25) is 0 Å². The quantitative estimate of drug-likeness (QED) is 0.373. The van der Waals surface area contributed by atoms with Crippen LogP contribution in [0.4, 0.5) is 0 Å². The van der Waals surface area contributed by atoms with Crippen LogP contribution >= 0.6 is 0 Å². The van der Waals surface area contributed by atoms with E-state index in [-0.39, 0.29) is 38.1 Å². The Morgan fingerprint density at radius 1 is 0.978 bits per heavy atom. The summed E-state index contributed by atoms with van der Waals surface area (Å²) in [5, 5.41) is 13.8. The van der Waals surface area contributed by atoms with Gasteiger partial charge in [-0.25, -0.2) is 0 Å². The summed E-state index contributed by atoms with van der Waals surface area (Å²) in [5.74, 6) is -3.46. The van der Waals surface area contributed by atoms with Gasteiger partial charge in [-0.2, -0.15) is 0 Å². The predicted molar refractivity (Wildman–Crippen MR) is 169 cm³/mol. The van der Waals surface area contributed by atoms with Crippen molar-refractivity contribution >= 4 is 23.7 Å². The third-order valence-corrected chi connectivity index (χ3v) is 9.59. The number of hydrogen-bond donors (Lipinski definition) is 2. The van der Waals surface area contributed by atoms with Gasteiger partial charge < -0.3 is 29.7 Å². The van der Waals surface area contributed by atoms with E-state index in [1.54, 1.807) is 17.1 Å². The molecule has 2 N–H and O–H groups in total. The summed E-state index contributed by atoms with van der Waals surface area (Å²) in [5.41, 5.74) is 0.271. The maximum Gasteiger partial charge on any atom is 0.306 e. The lowest BCUT2D eigenvalue weighted by Crippen LogP contribution is -2.59. The summed E-state index contributed by atoms with van der Waals surface area (Å²) in [7, 11) is 0. The van der Waals surface area contributed by atoms with E-state index in [4.69, 9.17) is 9.47 Å². The fraction of sp³-hybridized carbons (Fsp3) is 0.444. The smallest absolute Gasteiger partial charge is 0.306 e. The monoisotopic (exact) mass is 627 g/mol. The number of cyclic esters (lactones) is 1. The average Bonchev–Trinajstić information content (AvgIpc) is 3.71. The molecule has 10 nitrogen and oxygen atoms in total. The molecule has 2 fully saturated rings. The second-order valence-corrected chi connectivity index (χ2v) is 12.7. The SMILES string of the molecule is CC(C)N1C/C=C\CCC(=O)OC[C@H](c2ccccc2)NC(=O)[C@@H]2[C@H]3C(=O)N([C@@H](CO)Cc4ccccc4)[C@H](C1=O)[C@]31C=C[C@H]2O1. The molecular formula is C36H41N3O7. The second kappa shape index (κ2) is 13.2. The Balaban J connectivity index is 1.43. The number of rotatable bonds is 6. The van der Waals surface area contributed by atoms with Crippen molar-refractivity contribution < 1.29 is 33.8 Å². The van der Waals surface area contributed by atoms with Crippen LogP contribution in [0.1, 0.15) is 43.9 Å². The molecule has 0 aromatic heterocycles. The molecule has 46 heavy (non-hydrogen) atoms. The zero-order valence-electron chi connectivity index (χ0n) is 26.2. The third-order valence-electron chi connectivity index (χ3n) is 9.59. The van der Waals surface area contributed by atoms with E-state index in [0.717, 1.165) is 11.1 Å². The van der Waals surface area contributed by atoms with E-state index in [0.29, 0.717) is 12.8 Å². The molecular weight excluding hydrogens is 586 g/mol. The number of allylic oxidation sites excluding steroid dienone is 1. The maximum absolute atomic E-state index is 14.7. The van der Waals surface area contributed by atoms with E-state index in [9.17, 15) is 24.3 Å². The van der Waals surface area contributed by atoms with Gasteiger partial charge in [-0.1, -0.05) is 85.0 Å². The number of ether oxygens (including phenoxy) is 2. The molecule has 6 rings (SSSR count). The Morgan fingerprint density at radius 3 is 2.39 bits per heavy atom. The molecule has 242 valence electrons. The van der Waals surface area contributed by atoms with Gasteiger partial charge in [0, 0.05) is 19.0 Å². The Bertz CT molecular complexity index is 1510. The van der Waals surface area contributed by atoms with E-state index in [1.807, 2.05) is 86.7 Å². The van der Waals surface area contributed by atoms with Crippen LogP contribution in [0.15, 0.2) is 85.0 Å². The van der Waals surface area contributed by atoms with Crippen LogP contribution < -0.4 is 5.32 Å². The van der Waals surface area contributed by atoms with Crippen LogP contribution in [-0.4, -0.2) is 88.2 Å². The van der Waals surface area contributed by atoms with E-state index in [1.165, 1.54) is 4.90 Å². The number of nitrogens with zero attached hydrogens (tertiary/aromatic N) is 2. The van der Waals surface area contributed by atoms with Crippen molar-refractivity contribution in [3.63, 3.8) is 0 Å². The standard InChI is InChI=1S/C36H41N3O7/c1-23(2)38-19-11-5-10-16-29(41)45-22-27(25-14-8-4-9-15-25)37-33(42)30-28-17-18-36(46-28)31(30)34(43)39(32(36)35(38)44)26(21-40)20-24-12-6-3-7-13-24/h3-9,11-15,17-18,23,26-28,30-32,40H,10,16,19-22H2,1-2H3,(H,37,42)/b11-5-/t26-,27-,28-,30+,31+,32-,36+/m1/s1. The lowest BCUT2D eigenvalue weighted by Gasteiger charge is -2.40. The fourth-order valence-corrected chi connectivity index (χ4v) is 7.36. The third kappa shape index (κ3) is 5.76. The van der Waals surface area contributed by atoms with Crippen molar-refractivity contribution in [1.29, 1.82) is 0 Å². The van der Waals surface area contributed by atoms with Gasteiger partial charge in [-0.05, 0) is 37.8 Å². The lowest BCUT2D eigenvalue weighted by atomic mass is 9.74. The van der Waals surface area contributed by atoms with Crippen molar-refractivity contribution in [2.45, 2.75) is 69.0 Å². The number of likely N-dealkylation sites (tertiary alicyclic amines) is 1. The Labute approximate surface area is 269 Å². The fourth-order valence-electron chi connectivity index (χ4n) is 7.36. The number of benzene rings is 2. The van der Waals surface area contributed by atoms with Crippen molar-refractivity contribution in [1.82, 2.24) is 15.1 Å². The minimum atomic E-state index is -1.38. The molecule has 2 aromatic rings. The summed E-state index contributed by atoms with van der Waals surface area (Å²) < 4.78 is 12.2. The molecule has 5 bridgehead atoms. The number of esters is 1. The number of aliphatic hydroxyl groups is 1. The van der Waals surface area contributed by atoms with Gasteiger partial charge in [0.1, 0.15) is 18.2 Å². The molecule has 7 atom stereocenters. The zero-order chi connectivity index (χ0) is 32.4. The van der Waals surface area contributed by atoms with Crippen LogP contribution in [0.25, 0.3) is 0 Å². The van der Waals surface area contributed by atoms with Gasteiger partial charge in [0.25, 0.3) is 0 Å². The lowest BCUT2D eigenvalue weighted by molar-refractivity contribution is -0.151. The van der Waals surface area contributed by atoms with Crippen molar-refractivity contribution in [3.05, 3.63) is 96.1 Å². The first-order chi connectivity index (χ1) is 22.2. The van der Waals surface area contributed by atoms with Crippen LogP contribution in [0, 0.1) is 11.8 Å². The highest BCUT2D eigenvalue weighted by atomic mass is 16.5. The summed E-state index contributed by atoms with van der Waals surface area (Å²) >= 11 is 0. The zero-order valence-corrected chi connectivity index (χ0v) is 26.2. The van der Waals surface area contributed by atoms with Crippen molar-refractivity contribution in [2.24, 2.45) is 11.8 Å². The molecule has 4 aliphatic heterocycles. The molecule has 4 aliphatic rings. The molecule has 2 saturated heterocycles. The molecule has 0 aliphatic carbocycles. The van der Waals surface area contributed by atoms with E-state index >= 15 is 0 Å². The number of fused-ring (bicyclic) bond motifs is 2. The number of carbonyl (C=O) groups is 4. The first-order valence-electron chi connectivity index (χ1n) is 16.1. The topological polar surface area (TPSA) is 125 Å². The number of nitrogens with one attached hydrogen (secondary N) is 1. The predicted octanol–water partition coefficient (Wildman–Crippen LogP) is 2.73. The molecule has 10 heteroatoms. The molecule has 4 heterocycles. The maximum atomic E-state index is 14.7. The largest absolute Gasteiger partial charge is 0.463 e. The minimum absolute atomic E-state index is 0.0752. The summed E-state index contributed by atoms with van der Waals surface area (Å²) in [6.07, 6.45) is 7.41. The number of aliphatic hydroxyl groups excluding tert-OH is 1. The highest BCUT2D eigenvalue weighted by Gasteiger charge is 2.73. The summed E-state index contributed by atoms with van der Waals surface area (Å²) in [6.45, 7) is 3.60. The van der Waals surface area contributed by atoms with Crippen molar-refractivity contribution in [2.75, 3.05) is 19.8 Å². The Hall–Kier alpha value is -4.28. The van der Waals surface area contributed by atoms with E-state index < -0.39 is 59.5 Å². The van der Waals surface area contributed by atoms with Crippen LogP contribution in [-0.2, 0) is 35.1 Å². The van der Waals surface area contributed by atoms with Gasteiger partial charge in [-0.3, -0.25) is 19.2 Å². The highest BCUT2D eigenvalue weighted by Crippen LogP contribution is 2.56. The van der Waals surface area contributed by atoms with Gasteiger partial charge >= 0.3 is 5.97 Å². The first kappa shape index (κ1) is 31.7. The van der Waals surface area contributed by atoms with Crippen LogP contribution in [0.3, 0.4) is 0 Å². The molecule has 0 unspecified atom stereocenters. The first-order valence-corrected chi connectivity index (χ1v) is 16.1. The van der Waals surface area contributed by atoms with Crippen molar-refractivity contribution in [3.8, 4) is 0 Å². The van der Waals surface area contributed by atoms with Gasteiger partial charge in [0.15, 0.2) is 0 Å². The van der Waals surface area contributed by atoms with Gasteiger partial charge in [0.2, 0.25) is 17.7 Å². The number of hydrogen-bond acceptors (Lipinski definition) is 7. The highest BCUT2D eigenvalue weighted by molar-refractivity contribution is 6.00. The van der Waals surface area contributed by atoms with Gasteiger partial charge in [-0.15, -0.1) is 0 Å². The molecule has 2 aromatic carbocycles. The normalized spacial score (nSPS) is 31.2. The molecule has 3 amide bonds. The summed E-state index contributed by atoms with van der Waals surface area (Å²) in [4.78, 5) is 59.3. The Kier molecular flexibility index (Phi) is 9.11. The minimum Gasteiger partial charge on any atom is -0.463 e. The molecule has 1 spiro atoms. The summed E-state index contributed by atoms with van der Waals surface area (Å²) in [6, 6.07) is 16.0. The van der Waals surface area contributed by atoms with Crippen LogP contribution in [0.5, 0.6) is 0 Å². The Morgan fingerprint density at radius 2 is 1.70 bits per heavy atom. The second-order valence-electron chi connectivity index (χ2n) is 12.7. The average molecular weight is 628 g/mol.